The van der Waals surface area contributed by atoms with E-state index in [4.69, 9.17) is 4.98 Å². The Bertz CT molecular complexity index is 1310. The molecule has 0 radical (unpaired) electrons. The summed E-state index contributed by atoms with van der Waals surface area (Å²) in [5, 5.41) is 3.19. The van der Waals surface area contributed by atoms with E-state index in [2.05, 4.69) is 74.6 Å². The van der Waals surface area contributed by atoms with Crippen LogP contribution in [0.4, 0.5) is 5.82 Å². The summed E-state index contributed by atoms with van der Waals surface area (Å²) in [6.07, 6.45) is 3.86. The highest BCUT2D eigenvalue weighted by Crippen LogP contribution is 2.30. The van der Waals surface area contributed by atoms with Crippen molar-refractivity contribution in [2.24, 2.45) is 0 Å². The fraction of sp³-hybridized carbons (Fsp3) is 0.276. The van der Waals surface area contributed by atoms with E-state index in [1.165, 1.54) is 11.1 Å². The van der Waals surface area contributed by atoms with Gasteiger partial charge in [-0.25, -0.2) is 4.98 Å². The third-order valence-electron chi connectivity index (χ3n) is 6.57. The van der Waals surface area contributed by atoms with Gasteiger partial charge < -0.3 is 10.2 Å². The van der Waals surface area contributed by atoms with Crippen LogP contribution in [0.15, 0.2) is 73.1 Å². The van der Waals surface area contributed by atoms with Crippen LogP contribution in [0.5, 0.6) is 0 Å². The van der Waals surface area contributed by atoms with Crippen molar-refractivity contribution in [1.29, 1.82) is 0 Å². The lowest BCUT2D eigenvalue weighted by molar-refractivity contribution is 0.148. The minimum atomic E-state index is 0.806. The summed E-state index contributed by atoms with van der Waals surface area (Å²) >= 11 is 0. The molecular weight excluding hydrogens is 432 g/mol. The second kappa shape index (κ2) is 10.3. The van der Waals surface area contributed by atoms with E-state index >= 15 is 0 Å². The van der Waals surface area contributed by atoms with E-state index in [1.54, 1.807) is 0 Å². The molecule has 0 unspecified atom stereocenters. The van der Waals surface area contributed by atoms with E-state index in [9.17, 15) is 0 Å². The first-order valence-corrected chi connectivity index (χ1v) is 12.2. The third kappa shape index (κ3) is 5.56. The van der Waals surface area contributed by atoms with Gasteiger partial charge >= 0.3 is 0 Å². The van der Waals surface area contributed by atoms with Gasteiger partial charge in [-0.15, -0.1) is 0 Å². The highest BCUT2D eigenvalue weighted by molar-refractivity contribution is 5.76. The number of pyridine rings is 3. The number of anilines is 1. The smallest absolute Gasteiger partial charge is 0.127 e. The maximum atomic E-state index is 4.74. The number of benzene rings is 1. The molecule has 1 aliphatic heterocycles. The van der Waals surface area contributed by atoms with Crippen molar-refractivity contribution in [2.45, 2.75) is 13.5 Å². The number of likely N-dealkylation sites (N-methyl/N-ethyl adjacent to an activating group) is 1. The molecule has 1 N–H and O–H groups in total. The largest absolute Gasteiger partial charge is 0.373 e. The summed E-state index contributed by atoms with van der Waals surface area (Å²) in [6.45, 7) is 7.48. The Morgan fingerprint density at radius 1 is 0.771 bits per heavy atom. The predicted octanol–water partition coefficient (Wildman–Crippen LogP) is 4.97. The van der Waals surface area contributed by atoms with Gasteiger partial charge in [-0.2, -0.15) is 0 Å². The number of nitrogens with one attached hydrogen (secondary N) is 1. The fourth-order valence-corrected chi connectivity index (χ4v) is 4.51. The highest BCUT2D eigenvalue weighted by Gasteiger charge is 2.14. The molecule has 6 nitrogen and oxygen atoms in total. The van der Waals surface area contributed by atoms with Crippen LogP contribution in [-0.2, 0) is 6.54 Å². The van der Waals surface area contributed by atoms with Crippen molar-refractivity contribution in [3.63, 3.8) is 0 Å². The number of nitrogens with zero attached hydrogens (tertiary/aromatic N) is 5. The standard InChI is InChI=1S/C29H32N6/c1-21-6-4-9-27(32-21)28-16-24(17-29(30-2)33-28)26-15-25(18-31-19-26)23-8-5-7-22(14-23)20-35-12-10-34(3)11-13-35/h4-9,14-19H,10-13,20H2,1-3H3,(H,30,33). The first-order chi connectivity index (χ1) is 17.1. The fourth-order valence-electron chi connectivity index (χ4n) is 4.51. The first-order valence-electron chi connectivity index (χ1n) is 12.2. The molecule has 1 saturated heterocycles. The van der Waals surface area contributed by atoms with Gasteiger partial charge in [0, 0.05) is 69.0 Å². The normalized spacial score (nSPS) is 14.7. The molecule has 0 bridgehead atoms. The molecule has 0 saturated carbocycles. The number of hydrogen-bond donors (Lipinski definition) is 1. The Balaban J connectivity index is 1.44. The Hall–Kier alpha value is -3.61. The maximum Gasteiger partial charge on any atom is 0.127 e. The topological polar surface area (TPSA) is 57.2 Å². The van der Waals surface area contributed by atoms with Crippen molar-refractivity contribution in [3.05, 3.63) is 84.3 Å². The van der Waals surface area contributed by atoms with Crippen LogP contribution in [0.25, 0.3) is 33.6 Å². The summed E-state index contributed by atoms with van der Waals surface area (Å²) in [4.78, 5) is 18.9. The van der Waals surface area contributed by atoms with Crippen LogP contribution in [0.2, 0.25) is 0 Å². The Morgan fingerprint density at radius 2 is 1.54 bits per heavy atom. The molecule has 6 heteroatoms. The third-order valence-corrected chi connectivity index (χ3v) is 6.57. The molecule has 1 aliphatic rings. The van der Waals surface area contributed by atoms with Gasteiger partial charge in [0.2, 0.25) is 0 Å². The summed E-state index contributed by atoms with van der Waals surface area (Å²) in [5.74, 6) is 0.806. The molecule has 0 spiro atoms. The van der Waals surface area contributed by atoms with Crippen LogP contribution in [-0.4, -0.2) is 65.0 Å². The second-order valence-electron chi connectivity index (χ2n) is 9.28. The Labute approximate surface area is 207 Å². The van der Waals surface area contributed by atoms with Crippen molar-refractivity contribution < 1.29 is 0 Å². The van der Waals surface area contributed by atoms with Gasteiger partial charge in [0.05, 0.1) is 11.4 Å². The zero-order valence-corrected chi connectivity index (χ0v) is 20.7. The zero-order valence-electron chi connectivity index (χ0n) is 20.7. The van der Waals surface area contributed by atoms with Crippen molar-refractivity contribution in [3.8, 4) is 33.6 Å². The summed E-state index contributed by atoms with van der Waals surface area (Å²) in [7, 11) is 4.08. The van der Waals surface area contributed by atoms with Crippen LogP contribution in [0, 0.1) is 6.92 Å². The molecule has 35 heavy (non-hydrogen) atoms. The average Bonchev–Trinajstić information content (AvgIpc) is 2.90. The summed E-state index contributed by atoms with van der Waals surface area (Å²) in [5.41, 5.74) is 8.44. The van der Waals surface area contributed by atoms with E-state index in [-0.39, 0.29) is 0 Å². The monoisotopic (exact) mass is 464 g/mol. The molecule has 0 atom stereocenters. The van der Waals surface area contributed by atoms with Gasteiger partial charge in [0.1, 0.15) is 5.82 Å². The number of hydrogen-bond acceptors (Lipinski definition) is 6. The van der Waals surface area contributed by atoms with Crippen LogP contribution in [0.3, 0.4) is 0 Å². The predicted molar refractivity (Wildman–Crippen MR) is 143 cm³/mol. The second-order valence-corrected chi connectivity index (χ2v) is 9.28. The molecule has 3 aromatic heterocycles. The lowest BCUT2D eigenvalue weighted by atomic mass is 10.00. The number of piperazine rings is 1. The van der Waals surface area contributed by atoms with Gasteiger partial charge in [0.25, 0.3) is 0 Å². The Morgan fingerprint density at radius 3 is 2.31 bits per heavy atom. The molecule has 0 amide bonds. The SMILES string of the molecule is CNc1cc(-c2cncc(-c3cccc(CN4CCN(C)CC4)c3)c2)cc(-c2cccc(C)n2)n1. The van der Waals surface area contributed by atoms with Gasteiger partial charge in [0.15, 0.2) is 0 Å². The lowest BCUT2D eigenvalue weighted by Crippen LogP contribution is -2.43. The number of aromatic nitrogens is 3. The van der Waals surface area contributed by atoms with E-state index in [1.807, 2.05) is 44.6 Å². The molecule has 1 aromatic carbocycles. The molecule has 0 aliphatic carbocycles. The number of aryl methyl sites for hydroxylation is 1. The van der Waals surface area contributed by atoms with Gasteiger partial charge in [-0.3, -0.25) is 14.9 Å². The van der Waals surface area contributed by atoms with E-state index in [0.29, 0.717) is 0 Å². The minimum Gasteiger partial charge on any atom is -0.373 e. The Kier molecular flexibility index (Phi) is 6.84. The van der Waals surface area contributed by atoms with Crippen molar-refractivity contribution >= 4 is 5.82 Å². The van der Waals surface area contributed by atoms with Gasteiger partial charge in [-0.1, -0.05) is 24.3 Å². The minimum absolute atomic E-state index is 0.806. The average molecular weight is 465 g/mol. The molecular formula is C29H32N6. The summed E-state index contributed by atoms with van der Waals surface area (Å²) in [6, 6.07) is 21.2. The van der Waals surface area contributed by atoms with Crippen LogP contribution in [0.1, 0.15) is 11.3 Å². The molecule has 4 heterocycles. The quantitative estimate of drug-likeness (QED) is 0.435. The van der Waals surface area contributed by atoms with E-state index in [0.717, 1.165) is 72.3 Å². The highest BCUT2D eigenvalue weighted by atomic mass is 15.2. The van der Waals surface area contributed by atoms with Crippen LogP contribution < -0.4 is 5.32 Å². The van der Waals surface area contributed by atoms with Crippen LogP contribution >= 0.6 is 0 Å². The zero-order chi connectivity index (χ0) is 24.2. The van der Waals surface area contributed by atoms with Gasteiger partial charge in [-0.05, 0) is 67.1 Å². The van der Waals surface area contributed by atoms with E-state index < -0.39 is 0 Å². The maximum absolute atomic E-state index is 4.74. The van der Waals surface area contributed by atoms with Crippen molar-refractivity contribution in [1.82, 2.24) is 24.8 Å². The molecule has 178 valence electrons. The lowest BCUT2D eigenvalue weighted by Gasteiger charge is -2.32. The summed E-state index contributed by atoms with van der Waals surface area (Å²) < 4.78 is 0. The molecule has 1 fully saturated rings. The van der Waals surface area contributed by atoms with Crippen molar-refractivity contribution in [2.75, 3.05) is 45.6 Å². The first kappa shape index (κ1) is 23.1. The molecule has 5 rings (SSSR count). The molecule has 4 aromatic rings. The number of rotatable bonds is 6.